The van der Waals surface area contributed by atoms with E-state index in [1.165, 1.54) is 50.5 Å². The van der Waals surface area contributed by atoms with Crippen LogP contribution in [0.3, 0.4) is 0 Å². The molecule has 0 aliphatic heterocycles. The Morgan fingerprint density at radius 2 is 1.64 bits per heavy atom. The molecular formula is C18H29O3P. The summed E-state index contributed by atoms with van der Waals surface area (Å²) in [6.07, 6.45) is 10.7. The molecule has 1 aromatic rings. The van der Waals surface area contributed by atoms with Gasteiger partial charge in [-0.1, -0.05) is 57.6 Å². The average molecular weight is 324 g/mol. The van der Waals surface area contributed by atoms with Gasteiger partial charge in [0.25, 0.3) is 0 Å². The molecule has 0 aromatic heterocycles. The van der Waals surface area contributed by atoms with Gasteiger partial charge in [0.2, 0.25) is 0 Å². The molecule has 1 unspecified atom stereocenters. The Balaban J connectivity index is 2.17. The molecule has 0 bridgehead atoms. The molecule has 0 spiro atoms. The van der Waals surface area contributed by atoms with Crippen LogP contribution in [0, 0.1) is 0 Å². The fourth-order valence-corrected chi connectivity index (χ4v) is 2.45. The van der Waals surface area contributed by atoms with Crippen LogP contribution in [0.5, 0.6) is 5.75 Å². The van der Waals surface area contributed by atoms with Crippen LogP contribution in [0.2, 0.25) is 0 Å². The number of aryl methyl sites for hydroxylation is 1. The summed E-state index contributed by atoms with van der Waals surface area (Å²) < 4.78 is 9.99. The summed E-state index contributed by atoms with van der Waals surface area (Å²) >= 11 is 0. The van der Waals surface area contributed by atoms with E-state index < -0.39 is 0 Å². The summed E-state index contributed by atoms with van der Waals surface area (Å²) in [5, 5.41) is 0. The largest absolute Gasteiger partial charge is 0.426 e. The Morgan fingerprint density at radius 3 is 2.27 bits per heavy atom. The smallest absolute Gasteiger partial charge is 0.313 e. The van der Waals surface area contributed by atoms with Crippen LogP contribution in [0.1, 0.15) is 63.9 Å². The van der Waals surface area contributed by atoms with Crippen LogP contribution in [0.4, 0.5) is 0 Å². The van der Waals surface area contributed by atoms with E-state index in [1.54, 1.807) is 0 Å². The zero-order valence-corrected chi connectivity index (χ0v) is 14.8. The molecule has 4 heteroatoms. The lowest BCUT2D eigenvalue weighted by Gasteiger charge is -2.06. The molecule has 0 fully saturated rings. The van der Waals surface area contributed by atoms with Gasteiger partial charge in [0.05, 0.1) is 13.0 Å². The van der Waals surface area contributed by atoms with Crippen molar-refractivity contribution >= 4 is 15.4 Å². The highest BCUT2D eigenvalue weighted by Gasteiger charge is 2.04. The highest BCUT2D eigenvalue weighted by molar-refractivity contribution is 7.09. The van der Waals surface area contributed by atoms with Gasteiger partial charge in [0.1, 0.15) is 5.75 Å². The van der Waals surface area contributed by atoms with E-state index >= 15 is 0 Å². The second kappa shape index (κ2) is 12.6. The number of carbonyl (C=O) groups is 1. The zero-order chi connectivity index (χ0) is 16.0. The minimum Gasteiger partial charge on any atom is -0.426 e. The van der Waals surface area contributed by atoms with Gasteiger partial charge in [-0.05, 0) is 30.5 Å². The Labute approximate surface area is 137 Å². The van der Waals surface area contributed by atoms with Crippen LogP contribution >= 0.6 is 9.47 Å². The van der Waals surface area contributed by atoms with E-state index in [1.807, 2.05) is 24.3 Å². The molecule has 22 heavy (non-hydrogen) atoms. The fraction of sp³-hybridized carbons (Fsp3) is 0.611. The van der Waals surface area contributed by atoms with Gasteiger partial charge < -0.3 is 9.26 Å². The minimum atomic E-state index is -0.262. The second-order valence-electron chi connectivity index (χ2n) is 5.61. The molecule has 0 aliphatic rings. The van der Waals surface area contributed by atoms with Crippen molar-refractivity contribution in [1.82, 2.24) is 0 Å². The van der Waals surface area contributed by atoms with E-state index in [-0.39, 0.29) is 12.4 Å². The lowest BCUT2D eigenvalue weighted by molar-refractivity contribution is -0.134. The SMILES string of the molecule is CCCCCCCCCc1ccc(OC(=O)CCOP)cc1. The van der Waals surface area contributed by atoms with Gasteiger partial charge in [0, 0.05) is 9.47 Å². The number of unbranched alkanes of at least 4 members (excludes halogenated alkanes) is 6. The highest BCUT2D eigenvalue weighted by atomic mass is 31.0. The molecule has 0 radical (unpaired) electrons. The maximum Gasteiger partial charge on any atom is 0.313 e. The maximum absolute atomic E-state index is 11.5. The molecular weight excluding hydrogens is 295 g/mol. The van der Waals surface area contributed by atoms with Crippen molar-refractivity contribution < 1.29 is 14.1 Å². The first kappa shape index (κ1) is 19.1. The van der Waals surface area contributed by atoms with Crippen molar-refractivity contribution in [2.75, 3.05) is 6.61 Å². The number of rotatable bonds is 12. The summed E-state index contributed by atoms with van der Waals surface area (Å²) in [4.78, 5) is 11.5. The molecule has 0 saturated carbocycles. The first-order valence-corrected chi connectivity index (χ1v) is 8.84. The van der Waals surface area contributed by atoms with E-state index in [2.05, 4.69) is 16.4 Å². The third kappa shape index (κ3) is 9.17. The molecule has 1 aromatic carbocycles. The van der Waals surface area contributed by atoms with Crippen molar-refractivity contribution in [3.05, 3.63) is 29.8 Å². The Bertz CT molecular complexity index is 403. The van der Waals surface area contributed by atoms with Gasteiger partial charge in [-0.3, -0.25) is 4.79 Å². The topological polar surface area (TPSA) is 35.5 Å². The quantitative estimate of drug-likeness (QED) is 0.233. The van der Waals surface area contributed by atoms with Crippen molar-refractivity contribution in [3.63, 3.8) is 0 Å². The maximum atomic E-state index is 11.5. The summed E-state index contributed by atoms with van der Waals surface area (Å²) in [6, 6.07) is 7.84. The van der Waals surface area contributed by atoms with E-state index in [0.717, 1.165) is 6.42 Å². The molecule has 0 saturated heterocycles. The van der Waals surface area contributed by atoms with Crippen LogP contribution in [-0.2, 0) is 15.7 Å². The standard InChI is InChI=1S/C18H29O3P/c1-2-3-4-5-6-7-8-9-16-10-12-17(13-11-16)21-18(19)14-15-20-22/h10-13H,2-9,14-15,22H2,1H3. The molecule has 124 valence electrons. The Hall–Kier alpha value is -0.920. The number of hydrogen-bond donors (Lipinski definition) is 0. The molecule has 0 aliphatic carbocycles. The van der Waals surface area contributed by atoms with Gasteiger partial charge in [-0.25, -0.2) is 0 Å². The van der Waals surface area contributed by atoms with E-state index in [4.69, 9.17) is 9.26 Å². The number of esters is 1. The van der Waals surface area contributed by atoms with E-state index in [0.29, 0.717) is 12.4 Å². The molecule has 0 N–H and O–H groups in total. The monoisotopic (exact) mass is 324 g/mol. The van der Waals surface area contributed by atoms with Gasteiger partial charge in [0.15, 0.2) is 0 Å². The average Bonchev–Trinajstić information content (AvgIpc) is 2.53. The third-order valence-corrected chi connectivity index (χ3v) is 3.88. The normalized spacial score (nSPS) is 10.6. The lowest BCUT2D eigenvalue weighted by Crippen LogP contribution is -2.09. The summed E-state index contributed by atoms with van der Waals surface area (Å²) in [7, 11) is 2.13. The highest BCUT2D eigenvalue weighted by Crippen LogP contribution is 2.16. The van der Waals surface area contributed by atoms with Crippen LogP contribution in [0.15, 0.2) is 24.3 Å². The van der Waals surface area contributed by atoms with Gasteiger partial charge in [-0.15, -0.1) is 0 Å². The summed E-state index contributed by atoms with van der Waals surface area (Å²) in [5.74, 6) is 0.347. The number of ether oxygens (including phenoxy) is 1. The predicted octanol–water partition coefficient (Wildman–Crippen LogP) is 5.08. The number of benzene rings is 1. The Kier molecular flexibility index (Phi) is 11.0. The van der Waals surface area contributed by atoms with Gasteiger partial charge in [-0.2, -0.15) is 0 Å². The molecule has 0 amide bonds. The van der Waals surface area contributed by atoms with Crippen molar-refractivity contribution in [1.29, 1.82) is 0 Å². The molecule has 3 nitrogen and oxygen atoms in total. The first-order chi connectivity index (χ1) is 10.8. The zero-order valence-electron chi connectivity index (χ0n) is 13.7. The predicted molar refractivity (Wildman–Crippen MR) is 94.1 cm³/mol. The Morgan fingerprint density at radius 1 is 1.00 bits per heavy atom. The van der Waals surface area contributed by atoms with Crippen molar-refractivity contribution in [2.24, 2.45) is 0 Å². The molecule has 0 heterocycles. The van der Waals surface area contributed by atoms with E-state index in [9.17, 15) is 4.79 Å². The number of carbonyl (C=O) groups excluding carboxylic acids is 1. The summed E-state index contributed by atoms with van der Waals surface area (Å²) in [6.45, 7) is 2.61. The first-order valence-electron chi connectivity index (χ1n) is 8.37. The molecule has 1 rings (SSSR count). The minimum absolute atomic E-state index is 0.262. The third-order valence-electron chi connectivity index (χ3n) is 3.65. The summed E-state index contributed by atoms with van der Waals surface area (Å²) in [5.41, 5.74) is 1.31. The van der Waals surface area contributed by atoms with Crippen LogP contribution < -0.4 is 4.74 Å². The van der Waals surface area contributed by atoms with Crippen molar-refractivity contribution in [2.45, 2.75) is 64.7 Å². The number of hydrogen-bond acceptors (Lipinski definition) is 3. The second-order valence-corrected chi connectivity index (χ2v) is 5.94. The lowest BCUT2D eigenvalue weighted by atomic mass is 10.0. The van der Waals surface area contributed by atoms with Crippen LogP contribution in [-0.4, -0.2) is 12.6 Å². The van der Waals surface area contributed by atoms with Crippen LogP contribution in [0.25, 0.3) is 0 Å². The van der Waals surface area contributed by atoms with Crippen molar-refractivity contribution in [3.8, 4) is 5.75 Å². The molecule has 1 atom stereocenters. The fourth-order valence-electron chi connectivity index (χ4n) is 2.34. The van der Waals surface area contributed by atoms with Gasteiger partial charge >= 0.3 is 5.97 Å².